The summed E-state index contributed by atoms with van der Waals surface area (Å²) in [5, 5.41) is 12.7. The van der Waals surface area contributed by atoms with Crippen LogP contribution in [0, 0.1) is 11.3 Å². The van der Waals surface area contributed by atoms with E-state index in [9.17, 15) is 14.9 Å². The zero-order valence-corrected chi connectivity index (χ0v) is 14.4. The predicted octanol–water partition coefficient (Wildman–Crippen LogP) is 2.87. The number of anilines is 1. The summed E-state index contributed by atoms with van der Waals surface area (Å²) in [6.45, 7) is 1.50. The normalized spacial score (nSPS) is 12.6. The van der Waals surface area contributed by atoms with E-state index in [0.29, 0.717) is 22.0 Å². The van der Waals surface area contributed by atoms with Crippen LogP contribution in [0.5, 0.6) is 5.75 Å². The largest absolute Gasteiger partial charge is 0.496 e. The molecule has 128 valence electrons. The van der Waals surface area contributed by atoms with Gasteiger partial charge in [0.15, 0.2) is 5.41 Å². The molecule has 6 nitrogen and oxygen atoms in total. The lowest BCUT2D eigenvalue weighted by Crippen LogP contribution is -2.36. The predicted molar refractivity (Wildman–Crippen MR) is 94.6 cm³/mol. The molecule has 2 aromatic carbocycles. The molecule has 0 radical (unpaired) electrons. The summed E-state index contributed by atoms with van der Waals surface area (Å²) in [6, 6.07) is 13.0. The molecule has 3 N–H and O–H groups in total. The van der Waals surface area contributed by atoms with Crippen LogP contribution in [-0.4, -0.2) is 18.9 Å². The maximum absolute atomic E-state index is 12.7. The maximum Gasteiger partial charge on any atom is 0.252 e. The van der Waals surface area contributed by atoms with Crippen LogP contribution in [0.2, 0.25) is 5.02 Å². The lowest BCUT2D eigenvalue weighted by atomic mass is 9.83. The number of hydrogen-bond acceptors (Lipinski definition) is 4. The molecule has 2 rings (SSSR count). The highest BCUT2D eigenvalue weighted by Gasteiger charge is 2.35. The molecule has 0 aliphatic rings. The summed E-state index contributed by atoms with van der Waals surface area (Å²) in [7, 11) is 1.41. The highest BCUT2D eigenvalue weighted by atomic mass is 35.5. The van der Waals surface area contributed by atoms with Crippen molar-refractivity contribution in [3.05, 3.63) is 58.6 Å². The van der Waals surface area contributed by atoms with Crippen LogP contribution in [0.1, 0.15) is 22.8 Å². The van der Waals surface area contributed by atoms with E-state index in [-0.39, 0.29) is 5.56 Å². The van der Waals surface area contributed by atoms with Crippen molar-refractivity contribution >= 4 is 29.1 Å². The van der Waals surface area contributed by atoms with E-state index < -0.39 is 17.2 Å². The van der Waals surface area contributed by atoms with Gasteiger partial charge in [-0.1, -0.05) is 23.7 Å². The van der Waals surface area contributed by atoms with Crippen molar-refractivity contribution in [2.75, 3.05) is 12.4 Å². The van der Waals surface area contributed by atoms with Gasteiger partial charge in [0.1, 0.15) is 5.75 Å². The molecule has 0 spiro atoms. The monoisotopic (exact) mass is 357 g/mol. The molecule has 0 aliphatic heterocycles. The number of carbonyl (C=O) groups is 2. The minimum atomic E-state index is -1.43. The van der Waals surface area contributed by atoms with Gasteiger partial charge >= 0.3 is 0 Å². The third kappa shape index (κ3) is 3.73. The number of nitrogens with two attached hydrogens (primary N) is 1. The van der Waals surface area contributed by atoms with E-state index >= 15 is 0 Å². The van der Waals surface area contributed by atoms with Gasteiger partial charge in [0.2, 0.25) is 5.91 Å². The number of amides is 2. The minimum absolute atomic E-state index is 0.130. The fourth-order valence-electron chi connectivity index (χ4n) is 2.26. The summed E-state index contributed by atoms with van der Waals surface area (Å²) < 4.78 is 5.06. The summed E-state index contributed by atoms with van der Waals surface area (Å²) in [4.78, 5) is 24.2. The smallest absolute Gasteiger partial charge is 0.252 e. The van der Waals surface area contributed by atoms with Crippen molar-refractivity contribution in [2.45, 2.75) is 12.3 Å². The van der Waals surface area contributed by atoms with Crippen molar-refractivity contribution in [3.63, 3.8) is 0 Å². The third-order valence-electron chi connectivity index (χ3n) is 3.82. The lowest BCUT2D eigenvalue weighted by Gasteiger charge is -2.21. The summed E-state index contributed by atoms with van der Waals surface area (Å²) >= 11 is 5.85. The molecule has 0 aromatic heterocycles. The van der Waals surface area contributed by atoms with E-state index in [0.717, 1.165) is 0 Å². The van der Waals surface area contributed by atoms with E-state index in [1.54, 1.807) is 30.3 Å². The highest BCUT2D eigenvalue weighted by molar-refractivity contribution is 6.30. The number of benzene rings is 2. The minimum Gasteiger partial charge on any atom is -0.496 e. The quantitative estimate of drug-likeness (QED) is 0.858. The molecule has 1 atom stereocenters. The van der Waals surface area contributed by atoms with Gasteiger partial charge < -0.3 is 15.8 Å². The molecule has 0 fully saturated rings. The van der Waals surface area contributed by atoms with Crippen molar-refractivity contribution in [1.29, 1.82) is 5.26 Å². The number of carbonyl (C=O) groups excluding carboxylic acids is 2. The molecule has 0 bridgehead atoms. The van der Waals surface area contributed by atoms with Gasteiger partial charge in [-0.15, -0.1) is 0 Å². The van der Waals surface area contributed by atoms with Crippen LogP contribution in [-0.2, 0) is 10.2 Å². The molecular formula is C18H16ClN3O3. The second-order valence-corrected chi connectivity index (χ2v) is 5.91. The number of nitriles is 1. The van der Waals surface area contributed by atoms with E-state index in [2.05, 4.69) is 5.32 Å². The SMILES string of the molecule is COc1ccc(NC(=O)[C@@](C)(C#N)c2ccc(Cl)cc2)cc1C(N)=O. The zero-order chi connectivity index (χ0) is 18.6. The zero-order valence-electron chi connectivity index (χ0n) is 13.7. The molecule has 25 heavy (non-hydrogen) atoms. The first-order valence-electron chi connectivity index (χ1n) is 7.28. The lowest BCUT2D eigenvalue weighted by molar-refractivity contribution is -0.119. The Bertz CT molecular complexity index is 859. The van der Waals surface area contributed by atoms with Gasteiger partial charge in [0.25, 0.3) is 5.91 Å². The van der Waals surface area contributed by atoms with Gasteiger partial charge in [0.05, 0.1) is 18.7 Å². The molecule has 0 saturated carbocycles. The van der Waals surface area contributed by atoms with Crippen LogP contribution in [0.15, 0.2) is 42.5 Å². The average molecular weight is 358 g/mol. The molecule has 0 heterocycles. The van der Waals surface area contributed by atoms with Crippen LogP contribution < -0.4 is 15.8 Å². The first-order chi connectivity index (χ1) is 11.8. The number of nitrogens with zero attached hydrogens (tertiary/aromatic N) is 1. The number of ether oxygens (including phenoxy) is 1. The third-order valence-corrected chi connectivity index (χ3v) is 4.07. The Kier molecular flexibility index (Phi) is 5.30. The standard InChI is InChI=1S/C18H16ClN3O3/c1-18(10-20,11-3-5-12(19)6-4-11)17(24)22-13-7-8-15(25-2)14(9-13)16(21)23/h3-9H,1-2H3,(H2,21,23)(H,22,24)/t18-/m0/s1. The van der Waals surface area contributed by atoms with Gasteiger partial charge in [-0.3, -0.25) is 9.59 Å². The Hall–Kier alpha value is -3.04. The van der Waals surface area contributed by atoms with Crippen molar-refractivity contribution in [1.82, 2.24) is 0 Å². The van der Waals surface area contributed by atoms with E-state index in [1.807, 2.05) is 6.07 Å². The molecule has 7 heteroatoms. The second kappa shape index (κ2) is 7.24. The molecule has 2 amide bonds. The Labute approximate surface area is 150 Å². The average Bonchev–Trinajstić information content (AvgIpc) is 2.61. The number of hydrogen-bond donors (Lipinski definition) is 2. The van der Waals surface area contributed by atoms with Gasteiger partial charge in [-0.2, -0.15) is 5.26 Å². The Morgan fingerprint density at radius 2 is 1.88 bits per heavy atom. The van der Waals surface area contributed by atoms with Gasteiger partial charge in [0, 0.05) is 10.7 Å². The molecular weight excluding hydrogens is 342 g/mol. The van der Waals surface area contributed by atoms with Crippen LogP contribution in [0.3, 0.4) is 0 Å². The van der Waals surface area contributed by atoms with Crippen molar-refractivity contribution in [3.8, 4) is 11.8 Å². The van der Waals surface area contributed by atoms with Crippen molar-refractivity contribution < 1.29 is 14.3 Å². The Balaban J connectivity index is 2.34. The molecule has 0 unspecified atom stereocenters. The topological polar surface area (TPSA) is 105 Å². The molecule has 2 aromatic rings. The Morgan fingerprint density at radius 1 is 1.24 bits per heavy atom. The van der Waals surface area contributed by atoms with E-state index in [4.69, 9.17) is 22.1 Å². The second-order valence-electron chi connectivity index (χ2n) is 5.48. The fourth-order valence-corrected chi connectivity index (χ4v) is 2.39. The van der Waals surface area contributed by atoms with Crippen LogP contribution in [0.25, 0.3) is 0 Å². The number of primary amides is 1. The van der Waals surface area contributed by atoms with Crippen LogP contribution >= 0.6 is 11.6 Å². The highest BCUT2D eigenvalue weighted by Crippen LogP contribution is 2.28. The maximum atomic E-state index is 12.7. The summed E-state index contributed by atoms with van der Waals surface area (Å²) in [6.07, 6.45) is 0. The number of nitrogens with one attached hydrogen (secondary N) is 1. The van der Waals surface area contributed by atoms with Crippen LogP contribution in [0.4, 0.5) is 5.69 Å². The first-order valence-corrected chi connectivity index (χ1v) is 7.66. The summed E-state index contributed by atoms with van der Waals surface area (Å²) in [5.74, 6) is -0.933. The van der Waals surface area contributed by atoms with Crippen molar-refractivity contribution in [2.24, 2.45) is 5.73 Å². The number of rotatable bonds is 5. The fraction of sp³-hybridized carbons (Fsp3) is 0.167. The molecule has 0 aliphatic carbocycles. The number of halogens is 1. The first kappa shape index (κ1) is 18.3. The van der Waals surface area contributed by atoms with Gasteiger partial charge in [-0.05, 0) is 42.8 Å². The molecule has 0 saturated heterocycles. The van der Waals surface area contributed by atoms with E-state index in [1.165, 1.54) is 26.2 Å². The summed E-state index contributed by atoms with van der Waals surface area (Å²) in [5.41, 5.74) is 4.84. The van der Waals surface area contributed by atoms with Gasteiger partial charge in [-0.25, -0.2) is 0 Å². The Morgan fingerprint density at radius 3 is 2.40 bits per heavy atom. The number of methoxy groups -OCH3 is 1.